The maximum absolute atomic E-state index is 11.3. The predicted octanol–water partition coefficient (Wildman–Crippen LogP) is 2.84. The van der Waals surface area contributed by atoms with Crippen LogP contribution in [0.15, 0.2) is 24.3 Å². The molecule has 0 bridgehead atoms. The summed E-state index contributed by atoms with van der Waals surface area (Å²) in [6, 6.07) is 7.10. The van der Waals surface area contributed by atoms with Crippen molar-refractivity contribution in [1.82, 2.24) is 0 Å². The van der Waals surface area contributed by atoms with E-state index in [1.165, 1.54) is 0 Å². The second-order valence-electron chi connectivity index (χ2n) is 5.82. The van der Waals surface area contributed by atoms with Gasteiger partial charge in [-0.3, -0.25) is 9.59 Å². The van der Waals surface area contributed by atoms with Crippen molar-refractivity contribution in [3.05, 3.63) is 24.3 Å². The van der Waals surface area contributed by atoms with Crippen molar-refractivity contribution in [2.75, 3.05) is 26.4 Å². The van der Waals surface area contributed by atoms with E-state index in [0.29, 0.717) is 11.5 Å². The molecule has 0 amide bonds. The Hall–Kier alpha value is -2.24. The smallest absolute Gasteiger partial charge is 0.308 e. The number of hydrogen-bond acceptors (Lipinski definition) is 6. The number of benzene rings is 1. The number of hydrogen-bond donors (Lipinski definition) is 0. The van der Waals surface area contributed by atoms with Gasteiger partial charge in [0.05, 0.1) is 11.8 Å². The van der Waals surface area contributed by atoms with Gasteiger partial charge >= 0.3 is 11.9 Å². The van der Waals surface area contributed by atoms with Crippen molar-refractivity contribution < 1.29 is 28.5 Å². The largest absolute Gasteiger partial charge is 0.490 e. The van der Waals surface area contributed by atoms with Crippen molar-refractivity contribution in [1.29, 1.82) is 0 Å². The Morgan fingerprint density at radius 2 is 1.21 bits per heavy atom. The van der Waals surface area contributed by atoms with E-state index in [1.54, 1.807) is 52.0 Å². The van der Waals surface area contributed by atoms with Crippen molar-refractivity contribution >= 4 is 11.9 Å². The molecule has 134 valence electrons. The maximum atomic E-state index is 11.3. The highest BCUT2D eigenvalue weighted by Crippen LogP contribution is 2.19. The lowest BCUT2D eigenvalue weighted by Crippen LogP contribution is -2.16. The molecule has 0 spiro atoms. The molecule has 0 N–H and O–H groups in total. The zero-order valence-corrected chi connectivity index (χ0v) is 14.7. The van der Waals surface area contributed by atoms with Crippen molar-refractivity contribution in [2.24, 2.45) is 11.8 Å². The molecule has 6 nitrogen and oxygen atoms in total. The molecule has 0 saturated heterocycles. The van der Waals surface area contributed by atoms with Crippen LogP contribution < -0.4 is 9.47 Å². The predicted molar refractivity (Wildman–Crippen MR) is 89.0 cm³/mol. The van der Waals surface area contributed by atoms with Crippen LogP contribution in [0.25, 0.3) is 0 Å². The third-order valence-electron chi connectivity index (χ3n) is 2.94. The van der Waals surface area contributed by atoms with E-state index in [9.17, 15) is 9.59 Å². The second-order valence-corrected chi connectivity index (χ2v) is 5.82. The third-order valence-corrected chi connectivity index (χ3v) is 2.94. The zero-order valence-electron chi connectivity index (χ0n) is 14.7. The average molecular weight is 338 g/mol. The van der Waals surface area contributed by atoms with Gasteiger partial charge in [0.25, 0.3) is 0 Å². The summed E-state index contributed by atoms with van der Waals surface area (Å²) in [5.74, 6) is 0.454. The van der Waals surface area contributed by atoms with Crippen molar-refractivity contribution in [2.45, 2.75) is 27.7 Å². The van der Waals surface area contributed by atoms with Gasteiger partial charge in [-0.2, -0.15) is 0 Å². The molecular formula is C18H26O6. The van der Waals surface area contributed by atoms with Crippen molar-refractivity contribution in [3.8, 4) is 11.5 Å². The lowest BCUT2D eigenvalue weighted by Gasteiger charge is -2.11. The van der Waals surface area contributed by atoms with Crippen LogP contribution in [-0.4, -0.2) is 38.4 Å². The standard InChI is InChI=1S/C18H26O6/c1-13(2)17(19)23-10-8-21-15-6-5-7-16(12-15)22-9-11-24-18(20)14(3)4/h5-7,12-14H,8-11H2,1-4H3. The molecule has 0 heterocycles. The quantitative estimate of drug-likeness (QED) is 0.482. The number of esters is 2. The van der Waals surface area contributed by atoms with E-state index in [4.69, 9.17) is 18.9 Å². The molecule has 0 unspecified atom stereocenters. The molecule has 6 heteroatoms. The Kier molecular flexibility index (Phi) is 8.68. The van der Waals surface area contributed by atoms with Crippen LogP contribution in [0, 0.1) is 11.8 Å². The minimum atomic E-state index is -0.244. The molecule has 1 rings (SSSR count). The summed E-state index contributed by atoms with van der Waals surface area (Å²) >= 11 is 0. The van der Waals surface area contributed by atoms with Crippen LogP contribution in [0.3, 0.4) is 0 Å². The Bertz CT molecular complexity index is 481. The number of ether oxygens (including phenoxy) is 4. The van der Waals surface area contributed by atoms with Gasteiger partial charge in [0.1, 0.15) is 37.9 Å². The molecule has 0 fully saturated rings. The van der Waals surface area contributed by atoms with Crippen LogP contribution >= 0.6 is 0 Å². The zero-order chi connectivity index (χ0) is 17.9. The number of rotatable bonds is 10. The summed E-state index contributed by atoms with van der Waals surface area (Å²) < 4.78 is 21.1. The van der Waals surface area contributed by atoms with Crippen LogP contribution in [0.4, 0.5) is 0 Å². The van der Waals surface area contributed by atoms with Gasteiger partial charge < -0.3 is 18.9 Å². The Morgan fingerprint density at radius 3 is 1.58 bits per heavy atom. The Labute approximate surface area is 143 Å². The van der Waals surface area contributed by atoms with E-state index < -0.39 is 0 Å². The number of carbonyl (C=O) groups is 2. The number of carbonyl (C=O) groups excluding carboxylic acids is 2. The Morgan fingerprint density at radius 1 is 0.792 bits per heavy atom. The average Bonchev–Trinajstić information content (AvgIpc) is 2.55. The maximum Gasteiger partial charge on any atom is 0.308 e. The topological polar surface area (TPSA) is 71.1 Å². The van der Waals surface area contributed by atoms with Gasteiger partial charge in [-0.15, -0.1) is 0 Å². The highest BCUT2D eigenvalue weighted by atomic mass is 16.6. The lowest BCUT2D eigenvalue weighted by atomic mass is 10.2. The van der Waals surface area contributed by atoms with Crippen LogP contribution in [-0.2, 0) is 19.1 Å². The van der Waals surface area contributed by atoms with E-state index in [2.05, 4.69) is 0 Å². The van der Waals surface area contributed by atoms with Crippen molar-refractivity contribution in [3.63, 3.8) is 0 Å². The lowest BCUT2D eigenvalue weighted by molar-refractivity contribution is -0.148. The monoisotopic (exact) mass is 338 g/mol. The fourth-order valence-electron chi connectivity index (χ4n) is 1.59. The van der Waals surface area contributed by atoms with E-state index in [0.717, 1.165) is 0 Å². The van der Waals surface area contributed by atoms with E-state index in [1.807, 2.05) is 0 Å². The minimum Gasteiger partial charge on any atom is -0.490 e. The molecule has 1 aromatic rings. The van der Waals surface area contributed by atoms with Crippen LogP contribution in [0.2, 0.25) is 0 Å². The van der Waals surface area contributed by atoms with Gasteiger partial charge in [-0.1, -0.05) is 33.8 Å². The van der Waals surface area contributed by atoms with Gasteiger partial charge in [-0.25, -0.2) is 0 Å². The molecule has 24 heavy (non-hydrogen) atoms. The van der Waals surface area contributed by atoms with E-state index in [-0.39, 0.29) is 50.2 Å². The first-order valence-electron chi connectivity index (χ1n) is 8.09. The van der Waals surface area contributed by atoms with Crippen LogP contribution in [0.1, 0.15) is 27.7 Å². The fourth-order valence-corrected chi connectivity index (χ4v) is 1.59. The summed E-state index contributed by atoms with van der Waals surface area (Å²) in [7, 11) is 0. The second kappa shape index (κ2) is 10.5. The van der Waals surface area contributed by atoms with Crippen LogP contribution in [0.5, 0.6) is 11.5 Å². The molecule has 0 aromatic heterocycles. The first-order chi connectivity index (χ1) is 11.4. The third kappa shape index (κ3) is 7.85. The Balaban J connectivity index is 2.28. The highest BCUT2D eigenvalue weighted by Gasteiger charge is 2.08. The van der Waals surface area contributed by atoms with Gasteiger partial charge in [-0.05, 0) is 12.1 Å². The summed E-state index contributed by atoms with van der Waals surface area (Å²) in [5.41, 5.74) is 0. The first kappa shape index (κ1) is 19.8. The fraction of sp³-hybridized carbons (Fsp3) is 0.556. The van der Waals surface area contributed by atoms with Gasteiger partial charge in [0.15, 0.2) is 0 Å². The van der Waals surface area contributed by atoms with Gasteiger partial charge in [0.2, 0.25) is 0 Å². The molecule has 0 aliphatic rings. The first-order valence-corrected chi connectivity index (χ1v) is 8.09. The van der Waals surface area contributed by atoms with E-state index >= 15 is 0 Å². The molecule has 0 atom stereocenters. The summed E-state index contributed by atoms with van der Waals surface area (Å²) in [6.07, 6.45) is 0. The summed E-state index contributed by atoms with van der Waals surface area (Å²) in [6.45, 7) is 8.07. The summed E-state index contributed by atoms with van der Waals surface area (Å²) in [4.78, 5) is 22.6. The molecule has 0 aliphatic heterocycles. The molecular weight excluding hydrogens is 312 g/mol. The minimum absolute atomic E-state index is 0.147. The molecule has 1 aromatic carbocycles. The van der Waals surface area contributed by atoms with Gasteiger partial charge in [0, 0.05) is 6.07 Å². The highest BCUT2D eigenvalue weighted by molar-refractivity contribution is 5.71. The SMILES string of the molecule is CC(C)C(=O)OCCOc1cccc(OCCOC(=O)C(C)C)c1. The molecule has 0 saturated carbocycles. The normalized spacial score (nSPS) is 10.6. The molecule has 0 aliphatic carbocycles. The summed E-state index contributed by atoms with van der Waals surface area (Å²) in [5, 5.41) is 0. The molecule has 0 radical (unpaired) electrons.